The topological polar surface area (TPSA) is 134 Å². The summed E-state index contributed by atoms with van der Waals surface area (Å²) in [6, 6.07) is 38.7. The Kier molecular flexibility index (Phi) is 11.9. The average molecular weight is 813 g/mol. The fourth-order valence-electron chi connectivity index (χ4n) is 8.73. The van der Waals surface area contributed by atoms with E-state index in [1.54, 1.807) is 24.4 Å². The van der Waals surface area contributed by atoms with Gasteiger partial charge < -0.3 is 21.5 Å². The van der Waals surface area contributed by atoms with E-state index in [2.05, 4.69) is 27.8 Å². The number of para-hydroxylation sites is 2. The third-order valence-corrected chi connectivity index (χ3v) is 11.9. The van der Waals surface area contributed by atoms with E-state index in [0.29, 0.717) is 34.8 Å². The lowest BCUT2D eigenvalue weighted by molar-refractivity contribution is -0.137. The Morgan fingerprint density at radius 1 is 0.883 bits per heavy atom. The maximum absolute atomic E-state index is 14.5. The molecule has 1 amide bonds. The molecule has 0 bridgehead atoms. The predicted molar refractivity (Wildman–Crippen MR) is 242 cm³/mol. The van der Waals surface area contributed by atoms with Crippen LogP contribution in [0.1, 0.15) is 85.2 Å². The van der Waals surface area contributed by atoms with Crippen molar-refractivity contribution in [2.24, 2.45) is 10.7 Å². The molecule has 9 rings (SSSR count). The van der Waals surface area contributed by atoms with Crippen LogP contribution < -0.4 is 16.4 Å². The summed E-state index contributed by atoms with van der Waals surface area (Å²) >= 11 is 6.43. The van der Waals surface area contributed by atoms with Gasteiger partial charge in [-0.05, 0) is 149 Å². The van der Waals surface area contributed by atoms with Gasteiger partial charge in [0.25, 0.3) is 5.91 Å². The lowest BCUT2D eigenvalue weighted by Gasteiger charge is -2.34. The molecule has 300 valence electrons. The summed E-state index contributed by atoms with van der Waals surface area (Å²) in [6.45, 7) is 2.34. The van der Waals surface area contributed by atoms with Crippen molar-refractivity contribution in [3.05, 3.63) is 183 Å². The van der Waals surface area contributed by atoms with Crippen LogP contribution >= 0.6 is 11.6 Å². The van der Waals surface area contributed by atoms with E-state index in [0.717, 1.165) is 86.3 Å². The zero-order chi connectivity index (χ0) is 41.8. The van der Waals surface area contributed by atoms with Gasteiger partial charge in [0.15, 0.2) is 5.78 Å². The van der Waals surface area contributed by atoms with Gasteiger partial charge in [-0.1, -0.05) is 84.4 Å². The van der Waals surface area contributed by atoms with E-state index in [4.69, 9.17) is 17.3 Å². The standard InChI is InChI=1S/C42H37ClN2O4.C9H8N2/c1-24-19-28(13-18-38(24)45-42(49)36-7-3-2-6-31(36)26-11-9-25(23-44)10-12-26)41(48)37-21-29-20-30(43)14-15-33(29)35-17-16-32-27(22-39(46)47)5-4-8-34(32)40(35)37;1-2-5-9-8(4-1)10-6-3-7-11-9/h2-3,6-7,9-20,27,37H,4-5,8,21-23,44H2,1H3,(H,45,49)(H,46,47);1-7,10H. The number of benzene rings is 6. The monoisotopic (exact) mass is 812 g/mol. The highest BCUT2D eigenvalue weighted by Gasteiger charge is 2.36. The van der Waals surface area contributed by atoms with Gasteiger partial charge in [0.1, 0.15) is 0 Å². The van der Waals surface area contributed by atoms with E-state index in [1.165, 1.54) is 0 Å². The molecule has 0 saturated heterocycles. The van der Waals surface area contributed by atoms with Crippen molar-refractivity contribution in [3.8, 4) is 22.3 Å². The number of nitrogens with zero attached hydrogens (tertiary/aromatic N) is 1. The number of carboxylic acids is 1. The van der Waals surface area contributed by atoms with Gasteiger partial charge in [-0.15, -0.1) is 0 Å². The molecule has 1 heterocycles. The van der Waals surface area contributed by atoms with E-state index in [-0.39, 0.29) is 24.0 Å². The van der Waals surface area contributed by atoms with Crippen molar-refractivity contribution < 1.29 is 19.5 Å². The number of ketones is 1. The molecule has 0 aromatic heterocycles. The van der Waals surface area contributed by atoms with Crippen molar-refractivity contribution in [1.82, 2.24) is 0 Å². The van der Waals surface area contributed by atoms with Crippen LogP contribution in [0.3, 0.4) is 0 Å². The summed E-state index contributed by atoms with van der Waals surface area (Å²) < 4.78 is 0. The minimum absolute atomic E-state index is 0.00659. The molecular formula is C51H45ClN4O4. The van der Waals surface area contributed by atoms with Crippen LogP contribution in [0.15, 0.2) is 139 Å². The average Bonchev–Trinajstić information content (AvgIpc) is 3.52. The zero-order valence-corrected chi connectivity index (χ0v) is 34.0. The minimum Gasteiger partial charge on any atom is -0.481 e. The predicted octanol–water partition coefficient (Wildman–Crippen LogP) is 11.4. The quantitative estimate of drug-likeness (QED) is 0.113. The van der Waals surface area contributed by atoms with Crippen LogP contribution in [0, 0.1) is 6.92 Å². The number of carbonyl (C=O) groups excluding carboxylic acids is 2. The second-order valence-corrected chi connectivity index (χ2v) is 15.9. The highest BCUT2D eigenvalue weighted by Crippen LogP contribution is 2.48. The third-order valence-electron chi connectivity index (χ3n) is 11.7. The first kappa shape index (κ1) is 40.2. The number of hydrogen-bond donors (Lipinski definition) is 4. The van der Waals surface area contributed by atoms with Crippen LogP contribution in [0.2, 0.25) is 5.02 Å². The van der Waals surface area contributed by atoms with Crippen LogP contribution in [-0.2, 0) is 24.2 Å². The molecule has 2 aliphatic carbocycles. The Balaban J connectivity index is 0.000000390. The van der Waals surface area contributed by atoms with Gasteiger partial charge in [-0.2, -0.15) is 0 Å². The van der Waals surface area contributed by atoms with Gasteiger partial charge in [-0.25, -0.2) is 0 Å². The SMILES string of the molecule is C1=CNc2ccccc2N=C1.Cc1cc(C(=O)C2Cc3cc(Cl)ccc3-c3ccc4c(c32)CCCC4CC(=O)O)ccc1NC(=O)c1ccccc1-c1ccc(CN)cc1. The number of aryl methyl sites for hydroxylation is 1. The van der Waals surface area contributed by atoms with Crippen LogP contribution in [0.5, 0.6) is 0 Å². The maximum Gasteiger partial charge on any atom is 0.303 e. The largest absolute Gasteiger partial charge is 0.481 e. The van der Waals surface area contributed by atoms with Crippen LogP contribution in [0.4, 0.5) is 17.1 Å². The zero-order valence-electron chi connectivity index (χ0n) is 33.3. The number of halogens is 1. The van der Waals surface area contributed by atoms with Crippen LogP contribution in [-0.4, -0.2) is 29.0 Å². The Morgan fingerprint density at radius 2 is 1.67 bits per heavy atom. The Labute approximate surface area is 354 Å². The summed E-state index contributed by atoms with van der Waals surface area (Å²) in [5.74, 6) is -1.58. The number of nitrogens with two attached hydrogens (primary N) is 1. The van der Waals surface area contributed by atoms with Crippen molar-refractivity contribution in [3.63, 3.8) is 0 Å². The normalized spacial score (nSPS) is 15.7. The number of rotatable bonds is 8. The smallest absolute Gasteiger partial charge is 0.303 e. The van der Waals surface area contributed by atoms with Crippen LogP contribution in [0.25, 0.3) is 22.3 Å². The fraction of sp³-hybridized carbons (Fsp3) is 0.176. The third kappa shape index (κ3) is 8.43. The molecule has 3 aliphatic rings. The van der Waals surface area contributed by atoms with E-state index < -0.39 is 11.9 Å². The van der Waals surface area contributed by atoms with Gasteiger partial charge >= 0.3 is 5.97 Å². The first-order valence-electron chi connectivity index (χ1n) is 20.2. The van der Waals surface area contributed by atoms with Crippen molar-refractivity contribution in [2.75, 3.05) is 10.6 Å². The number of hydrogen-bond acceptors (Lipinski definition) is 6. The number of carboxylic acid groups (broad SMARTS) is 1. The summed E-state index contributed by atoms with van der Waals surface area (Å²) in [7, 11) is 0. The molecule has 0 spiro atoms. The number of Topliss-reactive ketones (excluding diaryl/α,β-unsaturated/α-hetero) is 1. The van der Waals surface area contributed by atoms with Crippen molar-refractivity contribution in [2.45, 2.75) is 57.4 Å². The minimum atomic E-state index is -0.810. The maximum atomic E-state index is 14.5. The van der Waals surface area contributed by atoms with E-state index >= 15 is 0 Å². The number of aliphatic imine (C=N–C) groups is 1. The fourth-order valence-corrected chi connectivity index (χ4v) is 8.93. The Hall–Kier alpha value is -6.61. The number of allylic oxidation sites excluding steroid dienone is 1. The van der Waals surface area contributed by atoms with Crippen molar-refractivity contribution in [1.29, 1.82) is 0 Å². The lowest BCUT2D eigenvalue weighted by atomic mass is 9.69. The van der Waals surface area contributed by atoms with E-state index in [1.807, 2.05) is 110 Å². The van der Waals surface area contributed by atoms with E-state index in [9.17, 15) is 19.5 Å². The summed E-state index contributed by atoms with van der Waals surface area (Å²) in [5, 5.41) is 16.4. The number of nitrogens with one attached hydrogen (secondary N) is 2. The first-order chi connectivity index (χ1) is 29.2. The number of fused-ring (bicyclic) bond motifs is 6. The number of amides is 1. The first-order valence-corrected chi connectivity index (χ1v) is 20.6. The van der Waals surface area contributed by atoms with Gasteiger partial charge in [0.05, 0.1) is 23.7 Å². The molecule has 2 atom stereocenters. The highest BCUT2D eigenvalue weighted by molar-refractivity contribution is 6.30. The Bertz CT molecular complexity index is 2690. The lowest BCUT2D eigenvalue weighted by Crippen LogP contribution is -2.25. The molecule has 0 saturated carbocycles. The molecule has 60 heavy (non-hydrogen) atoms. The molecule has 6 aromatic rings. The summed E-state index contributed by atoms with van der Waals surface area (Å²) in [6.07, 6.45) is 8.61. The molecule has 5 N–H and O–H groups in total. The number of anilines is 2. The molecule has 6 aromatic carbocycles. The molecule has 9 heteroatoms. The van der Waals surface area contributed by atoms with Gasteiger partial charge in [0, 0.05) is 40.8 Å². The number of aliphatic carboxylic acids is 1. The molecular weight excluding hydrogens is 768 g/mol. The molecule has 1 aliphatic heterocycles. The molecule has 8 nitrogen and oxygen atoms in total. The van der Waals surface area contributed by atoms with Gasteiger partial charge in [-0.3, -0.25) is 19.4 Å². The highest BCUT2D eigenvalue weighted by atomic mass is 35.5. The summed E-state index contributed by atoms with van der Waals surface area (Å²) in [5.41, 5.74) is 19.4. The molecule has 0 radical (unpaired) electrons. The second kappa shape index (κ2) is 17.7. The second-order valence-electron chi connectivity index (χ2n) is 15.4. The molecule has 2 unspecified atom stereocenters. The van der Waals surface area contributed by atoms with Crippen molar-refractivity contribution >= 4 is 52.5 Å². The Morgan fingerprint density at radius 3 is 2.47 bits per heavy atom. The molecule has 0 fully saturated rings. The number of carbonyl (C=O) groups is 3. The van der Waals surface area contributed by atoms with Gasteiger partial charge in [0.2, 0.25) is 0 Å². The summed E-state index contributed by atoms with van der Waals surface area (Å²) in [4.78, 5) is 44.1.